The molecule has 2 saturated carbocycles. The molecule has 3 aliphatic heterocycles. The van der Waals surface area contributed by atoms with Gasteiger partial charge < -0.3 is 9.05 Å². The molecule has 0 bridgehead atoms. The van der Waals surface area contributed by atoms with Gasteiger partial charge in [-0.05, 0) is 101 Å². The minimum atomic E-state index is -4.53. The van der Waals surface area contributed by atoms with Crippen LogP contribution in [0.3, 0.4) is 0 Å². The lowest BCUT2D eigenvalue weighted by atomic mass is 9.92. The first-order valence-corrected chi connectivity index (χ1v) is 33.8. The van der Waals surface area contributed by atoms with E-state index in [-0.39, 0.29) is 32.7 Å². The summed E-state index contributed by atoms with van der Waals surface area (Å²) in [7, 11) is -23.5. The molecule has 0 spiro atoms. The third-order valence-electron chi connectivity index (χ3n) is 15.3. The van der Waals surface area contributed by atoms with Crippen molar-refractivity contribution in [2.45, 2.75) is 114 Å². The molecule has 3 heterocycles. The van der Waals surface area contributed by atoms with Gasteiger partial charge in [-0.25, -0.2) is 33.7 Å². The molecule has 0 amide bonds. The number of benzene rings is 7. The lowest BCUT2D eigenvalue weighted by Gasteiger charge is -2.35. The topological polar surface area (TPSA) is 171 Å². The SMILES string of the molecule is O=S(=O)(c1ccccc1)N1[C@H]2CCCC[C@@H]2N(S(=O)(=O)c2ccccc2)P1O[C@H]1CN(Cc2ccccc2)C[C@@H]1OP1N(S(=O)(=O)c2ccc3ccccc3c2)[C@H]2CCCC[C@@H]2N1S(=O)(=O)c1ccc2ccccc2c1. The zero-order valence-electron chi connectivity index (χ0n) is 41.3. The summed E-state index contributed by atoms with van der Waals surface area (Å²) in [5.74, 6) is 0. The predicted octanol–water partition coefficient (Wildman–Crippen LogP) is 10.4. The van der Waals surface area contributed by atoms with Crippen molar-refractivity contribution in [3.05, 3.63) is 181 Å². The second-order valence-corrected chi connectivity index (χ2v) is 31.6. The van der Waals surface area contributed by atoms with E-state index in [2.05, 4.69) is 4.90 Å². The maximum atomic E-state index is 15.7. The van der Waals surface area contributed by atoms with Crippen molar-refractivity contribution in [3.8, 4) is 0 Å². The first-order chi connectivity index (χ1) is 36.7. The number of nitrogens with zero attached hydrogens (tertiary/aromatic N) is 5. The second kappa shape index (κ2) is 20.9. The van der Waals surface area contributed by atoms with Gasteiger partial charge in [-0.15, -0.1) is 16.3 Å². The molecule has 2 aliphatic carbocycles. The normalized spacial score (nSPS) is 25.1. The fourth-order valence-corrected chi connectivity index (χ4v) is 26.4. The summed E-state index contributed by atoms with van der Waals surface area (Å²) in [6.45, 7) is 0.592. The van der Waals surface area contributed by atoms with Crippen molar-refractivity contribution in [2.24, 2.45) is 0 Å². The van der Waals surface area contributed by atoms with Gasteiger partial charge in [0.1, 0.15) is 12.2 Å². The van der Waals surface area contributed by atoms with E-state index in [4.69, 9.17) is 9.05 Å². The molecule has 12 rings (SSSR count). The predicted molar refractivity (Wildman–Crippen MR) is 294 cm³/mol. The van der Waals surface area contributed by atoms with Crippen LogP contribution in [-0.2, 0) is 55.7 Å². The zero-order chi connectivity index (χ0) is 52.4. The zero-order valence-corrected chi connectivity index (χ0v) is 46.4. The molecule has 0 unspecified atom stereocenters. The average Bonchev–Trinajstić information content (AvgIpc) is 4.33. The molecule has 21 heteroatoms. The quantitative estimate of drug-likeness (QED) is 0.0949. The Labute approximate surface area is 448 Å². The van der Waals surface area contributed by atoms with Gasteiger partial charge in [-0.2, -0.15) is 0 Å². The fraction of sp³-hybridized carbons (Fsp3) is 0.309. The molecule has 76 heavy (non-hydrogen) atoms. The molecule has 7 aromatic carbocycles. The fourth-order valence-electron chi connectivity index (χ4n) is 11.7. The Bertz CT molecular complexity index is 3530. The van der Waals surface area contributed by atoms with Crippen molar-refractivity contribution in [2.75, 3.05) is 13.1 Å². The number of sulfonamides is 4. The van der Waals surface area contributed by atoms with Gasteiger partial charge in [-0.1, -0.05) is 153 Å². The summed E-state index contributed by atoms with van der Waals surface area (Å²) in [4.78, 5) is 2.00. The minimum Gasteiger partial charge on any atom is -0.322 e. The first-order valence-electron chi connectivity index (χ1n) is 25.7. The Morgan fingerprint density at radius 1 is 0.368 bits per heavy atom. The third kappa shape index (κ3) is 9.46. The molecular weight excluding hydrogens is 1080 g/mol. The Balaban J connectivity index is 1.01. The van der Waals surface area contributed by atoms with Crippen molar-refractivity contribution in [1.29, 1.82) is 0 Å². The van der Waals surface area contributed by atoms with Crippen molar-refractivity contribution < 1.29 is 42.7 Å². The lowest BCUT2D eigenvalue weighted by molar-refractivity contribution is 0.0982. The van der Waals surface area contributed by atoms with Crippen LogP contribution in [0.4, 0.5) is 0 Å². The molecule has 15 nitrogen and oxygen atoms in total. The van der Waals surface area contributed by atoms with Crippen LogP contribution in [0, 0.1) is 0 Å². The number of fused-ring (bicyclic) bond motifs is 4. The van der Waals surface area contributed by atoms with Crippen molar-refractivity contribution in [1.82, 2.24) is 21.2 Å². The molecule has 6 atom stereocenters. The molecule has 0 N–H and O–H groups in total. The van der Waals surface area contributed by atoms with Gasteiger partial charge >= 0.3 is 0 Å². The smallest absolute Gasteiger partial charge is 0.249 e. The summed E-state index contributed by atoms with van der Waals surface area (Å²) < 4.78 is 144. The molecule has 5 fully saturated rings. The highest BCUT2D eigenvalue weighted by Gasteiger charge is 2.63. The molecule has 0 aromatic heterocycles. The van der Waals surface area contributed by atoms with Gasteiger partial charge in [0.05, 0.1) is 19.6 Å². The number of hydrogen-bond acceptors (Lipinski definition) is 11. The summed E-state index contributed by atoms with van der Waals surface area (Å²) in [5, 5.41) is 3.06. The van der Waals surface area contributed by atoms with Crippen LogP contribution in [-0.4, -0.2) is 104 Å². The Morgan fingerprint density at radius 3 is 1.05 bits per heavy atom. The van der Waals surface area contributed by atoms with Gasteiger partial charge in [-0.3, -0.25) is 4.90 Å². The molecular formula is C55H57N5O10P2S4. The maximum Gasteiger partial charge on any atom is 0.249 e. The second-order valence-electron chi connectivity index (χ2n) is 20.1. The van der Waals surface area contributed by atoms with Gasteiger partial charge in [0.15, 0.2) is 0 Å². The average molecular weight is 1140 g/mol. The van der Waals surface area contributed by atoms with E-state index in [9.17, 15) is 0 Å². The molecule has 3 saturated heterocycles. The minimum absolute atomic E-state index is 0.0120. The number of likely N-dealkylation sites (tertiary alicyclic amines) is 1. The van der Waals surface area contributed by atoms with Crippen LogP contribution >= 0.6 is 16.9 Å². The number of hydrogen-bond donors (Lipinski definition) is 0. The highest BCUT2D eigenvalue weighted by molar-refractivity contribution is 7.99. The van der Waals surface area contributed by atoms with E-state index >= 15 is 33.7 Å². The van der Waals surface area contributed by atoms with Crippen LogP contribution in [0.5, 0.6) is 0 Å². The van der Waals surface area contributed by atoms with Gasteiger partial charge in [0, 0.05) is 43.8 Å². The third-order valence-corrected chi connectivity index (χ3v) is 29.5. The highest BCUT2D eigenvalue weighted by atomic mass is 32.2. The monoisotopic (exact) mass is 1140 g/mol. The van der Waals surface area contributed by atoms with Gasteiger partial charge in [0.25, 0.3) is 0 Å². The molecule has 396 valence electrons. The molecule has 5 aliphatic rings. The summed E-state index contributed by atoms with van der Waals surface area (Å²) in [6.07, 6.45) is 1.97. The summed E-state index contributed by atoms with van der Waals surface area (Å²) in [5.41, 5.74) is 0.944. The van der Waals surface area contributed by atoms with Crippen molar-refractivity contribution >= 4 is 78.5 Å². The highest BCUT2D eigenvalue weighted by Crippen LogP contribution is 2.66. The molecule has 0 radical (unpaired) electrons. The van der Waals surface area contributed by atoms with Crippen LogP contribution in [0.2, 0.25) is 0 Å². The Kier molecular flexibility index (Phi) is 14.4. The van der Waals surface area contributed by atoms with Crippen LogP contribution < -0.4 is 0 Å². The number of rotatable bonds is 14. The first kappa shape index (κ1) is 52.2. The van der Waals surface area contributed by atoms with E-state index in [1.54, 1.807) is 72.8 Å². The largest absolute Gasteiger partial charge is 0.322 e. The lowest BCUT2D eigenvalue weighted by Crippen LogP contribution is -2.43. The van der Waals surface area contributed by atoms with Crippen LogP contribution in [0.25, 0.3) is 21.5 Å². The van der Waals surface area contributed by atoms with Crippen LogP contribution in [0.15, 0.2) is 196 Å². The molecule has 7 aromatic rings. The van der Waals surface area contributed by atoms with E-state index in [1.807, 2.05) is 78.9 Å². The Hall–Kier alpha value is -4.56. The Morgan fingerprint density at radius 2 is 0.684 bits per heavy atom. The van der Waals surface area contributed by atoms with E-state index in [1.165, 1.54) is 40.6 Å². The van der Waals surface area contributed by atoms with E-state index in [0.717, 1.165) is 16.3 Å². The standard InChI is InChI=1S/C55H57N5O10P2S4/c61-73(62,46-24-6-2-7-25-46)57-50-28-14-15-29-51(50)58(74(63,64)47-26-8-3-9-27-47)71(57)69-54-39-56(38-41-18-4-1-5-19-41)40-55(54)70-72-59(75(65,66)48-34-32-42-20-10-12-22-44(42)36-48)52-30-16-17-31-53(52)60(72)76(67,68)49-35-33-43-21-11-13-23-45(43)37-49/h1-13,18-27,32-37,50-55H,14-17,28-31,38-40H2/t50-,51-,52-,53-,54-,55-/m0/s1. The van der Waals surface area contributed by atoms with Crippen LogP contribution in [0.1, 0.15) is 56.9 Å². The van der Waals surface area contributed by atoms with E-state index < -0.39 is 93.4 Å². The van der Waals surface area contributed by atoms with Gasteiger partial charge in [0.2, 0.25) is 57.0 Å². The maximum absolute atomic E-state index is 15.7. The van der Waals surface area contributed by atoms with Crippen molar-refractivity contribution in [3.63, 3.8) is 0 Å². The summed E-state index contributed by atoms with van der Waals surface area (Å²) >= 11 is 0. The van der Waals surface area contributed by atoms with E-state index in [0.29, 0.717) is 68.7 Å². The summed E-state index contributed by atoms with van der Waals surface area (Å²) in [6, 6.07) is 47.2.